The molecule has 5 nitrogen and oxygen atoms in total. The largest absolute Gasteiger partial charge is 0.349 e. The number of rotatable bonds is 4. The van der Waals surface area contributed by atoms with E-state index in [0.29, 0.717) is 13.0 Å². The summed E-state index contributed by atoms with van der Waals surface area (Å²) in [5.41, 5.74) is 1.78. The van der Waals surface area contributed by atoms with Crippen LogP contribution in [0.4, 0.5) is 0 Å². The predicted octanol–water partition coefficient (Wildman–Crippen LogP) is 2.02. The van der Waals surface area contributed by atoms with E-state index in [9.17, 15) is 4.79 Å². The third-order valence-electron chi connectivity index (χ3n) is 2.59. The van der Waals surface area contributed by atoms with E-state index >= 15 is 0 Å². The van der Waals surface area contributed by atoms with Gasteiger partial charge in [0.25, 0.3) is 0 Å². The highest BCUT2D eigenvalue weighted by atomic mass is 32.1. The molecule has 1 amide bonds. The van der Waals surface area contributed by atoms with Gasteiger partial charge in [0.2, 0.25) is 5.91 Å². The second-order valence-corrected chi connectivity index (χ2v) is 5.98. The maximum Gasteiger partial charge on any atom is 0.226 e. The van der Waals surface area contributed by atoms with Gasteiger partial charge in [-0.25, -0.2) is 9.97 Å². The van der Waals surface area contributed by atoms with Crippen LogP contribution in [0, 0.1) is 6.92 Å². The third-order valence-corrected chi connectivity index (χ3v) is 4.33. The lowest BCUT2D eigenvalue weighted by molar-refractivity contribution is -0.120. The zero-order valence-corrected chi connectivity index (χ0v) is 11.9. The molecule has 3 aromatic heterocycles. The van der Waals surface area contributed by atoms with Crippen LogP contribution in [0.5, 0.6) is 0 Å². The van der Waals surface area contributed by atoms with Gasteiger partial charge in [0.05, 0.1) is 18.7 Å². The molecule has 98 valence electrons. The Bertz CT molecular complexity index is 684. The van der Waals surface area contributed by atoms with E-state index in [4.69, 9.17) is 0 Å². The first kappa shape index (κ1) is 12.3. The molecule has 0 bridgehead atoms. The Morgan fingerprint density at radius 3 is 3.05 bits per heavy atom. The number of imidazole rings is 1. The molecule has 0 unspecified atom stereocenters. The highest BCUT2D eigenvalue weighted by Gasteiger charge is 2.08. The number of hydrogen-bond acceptors (Lipinski definition) is 5. The van der Waals surface area contributed by atoms with Gasteiger partial charge in [-0.1, -0.05) is 0 Å². The highest BCUT2D eigenvalue weighted by Crippen LogP contribution is 2.12. The molecule has 0 atom stereocenters. The molecular formula is C12H12N4OS2. The predicted molar refractivity (Wildman–Crippen MR) is 75.5 cm³/mol. The fourth-order valence-electron chi connectivity index (χ4n) is 1.75. The molecule has 0 aromatic carbocycles. The average Bonchev–Trinajstić information content (AvgIpc) is 3.02. The first-order chi connectivity index (χ1) is 9.20. The molecule has 0 saturated heterocycles. The summed E-state index contributed by atoms with van der Waals surface area (Å²) in [6, 6.07) is 0. The second kappa shape index (κ2) is 5.10. The van der Waals surface area contributed by atoms with Gasteiger partial charge in [-0.3, -0.25) is 9.20 Å². The van der Waals surface area contributed by atoms with E-state index in [1.54, 1.807) is 22.7 Å². The van der Waals surface area contributed by atoms with E-state index < -0.39 is 0 Å². The number of carbonyl (C=O) groups excluding carboxylic acids is 1. The summed E-state index contributed by atoms with van der Waals surface area (Å²) < 4.78 is 1.93. The lowest BCUT2D eigenvalue weighted by Gasteiger charge is -2.00. The van der Waals surface area contributed by atoms with Gasteiger partial charge in [0.1, 0.15) is 5.01 Å². The molecule has 0 aliphatic carbocycles. The van der Waals surface area contributed by atoms with Crippen LogP contribution in [0.25, 0.3) is 4.96 Å². The van der Waals surface area contributed by atoms with Crippen LogP contribution in [0.1, 0.15) is 16.4 Å². The molecule has 3 aromatic rings. The number of carbonyl (C=O) groups is 1. The van der Waals surface area contributed by atoms with Crippen molar-refractivity contribution in [1.82, 2.24) is 19.7 Å². The monoisotopic (exact) mass is 292 g/mol. The Hall–Kier alpha value is -1.73. The quantitative estimate of drug-likeness (QED) is 0.800. The normalized spacial score (nSPS) is 11.0. The van der Waals surface area contributed by atoms with Crippen LogP contribution in [-0.4, -0.2) is 20.3 Å². The van der Waals surface area contributed by atoms with Crippen molar-refractivity contribution in [2.45, 2.75) is 19.9 Å². The number of hydrogen-bond donors (Lipinski definition) is 1. The molecule has 0 fully saturated rings. The standard InChI is InChI=1S/C12H12N4OS2/c1-8-7-19-11(14-8)5-13-10(17)4-9-6-16-2-3-18-12(16)15-9/h2-3,6-7H,4-5H2,1H3,(H,13,17). The van der Waals surface area contributed by atoms with Gasteiger partial charge in [-0.2, -0.15) is 0 Å². The van der Waals surface area contributed by atoms with Gasteiger partial charge in [0, 0.05) is 28.8 Å². The lowest BCUT2D eigenvalue weighted by atomic mass is 10.3. The Morgan fingerprint density at radius 2 is 2.32 bits per heavy atom. The number of aryl methyl sites for hydroxylation is 1. The number of nitrogens with one attached hydrogen (secondary N) is 1. The first-order valence-corrected chi connectivity index (χ1v) is 7.55. The maximum atomic E-state index is 11.8. The van der Waals surface area contributed by atoms with Crippen LogP contribution in [0.15, 0.2) is 23.2 Å². The van der Waals surface area contributed by atoms with Gasteiger partial charge in [0.15, 0.2) is 4.96 Å². The molecule has 0 radical (unpaired) electrons. The summed E-state index contributed by atoms with van der Waals surface area (Å²) in [5, 5.41) is 7.73. The van der Waals surface area contributed by atoms with Gasteiger partial charge in [-0.15, -0.1) is 22.7 Å². The van der Waals surface area contributed by atoms with Crippen LogP contribution in [0.3, 0.4) is 0 Å². The zero-order chi connectivity index (χ0) is 13.2. The summed E-state index contributed by atoms with van der Waals surface area (Å²) in [6.45, 7) is 2.43. The molecule has 0 aliphatic heterocycles. The van der Waals surface area contributed by atoms with E-state index in [1.165, 1.54) is 0 Å². The Labute approximate surface area is 117 Å². The number of thiazole rings is 2. The SMILES string of the molecule is Cc1csc(CNC(=O)Cc2cn3ccsc3n2)n1. The number of fused-ring (bicyclic) bond motifs is 1. The number of nitrogens with zero attached hydrogens (tertiary/aromatic N) is 3. The topological polar surface area (TPSA) is 59.3 Å². The van der Waals surface area contributed by atoms with Gasteiger partial charge >= 0.3 is 0 Å². The van der Waals surface area contributed by atoms with E-state index in [2.05, 4.69) is 15.3 Å². The van der Waals surface area contributed by atoms with Crippen molar-refractivity contribution < 1.29 is 4.79 Å². The Morgan fingerprint density at radius 1 is 1.42 bits per heavy atom. The van der Waals surface area contributed by atoms with Crippen LogP contribution >= 0.6 is 22.7 Å². The van der Waals surface area contributed by atoms with Crippen molar-refractivity contribution in [3.05, 3.63) is 39.5 Å². The van der Waals surface area contributed by atoms with Gasteiger partial charge < -0.3 is 5.32 Å². The fourth-order valence-corrected chi connectivity index (χ4v) is 3.18. The molecular weight excluding hydrogens is 280 g/mol. The Kier molecular flexibility index (Phi) is 3.31. The van der Waals surface area contributed by atoms with Crippen molar-refractivity contribution in [3.8, 4) is 0 Å². The minimum absolute atomic E-state index is 0.0291. The van der Waals surface area contributed by atoms with Crippen LogP contribution in [0.2, 0.25) is 0 Å². The fraction of sp³-hybridized carbons (Fsp3) is 0.250. The maximum absolute atomic E-state index is 11.8. The van der Waals surface area contributed by atoms with Crippen molar-refractivity contribution >= 4 is 33.5 Å². The van der Waals surface area contributed by atoms with Crippen molar-refractivity contribution in [3.63, 3.8) is 0 Å². The van der Waals surface area contributed by atoms with E-state index in [-0.39, 0.29) is 5.91 Å². The average molecular weight is 292 g/mol. The van der Waals surface area contributed by atoms with Crippen molar-refractivity contribution in [2.75, 3.05) is 0 Å². The summed E-state index contributed by atoms with van der Waals surface area (Å²) >= 11 is 3.12. The molecule has 1 N–H and O–H groups in total. The number of aromatic nitrogens is 3. The first-order valence-electron chi connectivity index (χ1n) is 5.79. The lowest BCUT2D eigenvalue weighted by Crippen LogP contribution is -2.24. The van der Waals surface area contributed by atoms with E-state index in [0.717, 1.165) is 21.4 Å². The van der Waals surface area contributed by atoms with E-state index in [1.807, 2.05) is 34.5 Å². The summed E-state index contributed by atoms with van der Waals surface area (Å²) in [5.74, 6) is -0.0291. The molecule has 19 heavy (non-hydrogen) atoms. The zero-order valence-electron chi connectivity index (χ0n) is 10.3. The second-order valence-electron chi connectivity index (χ2n) is 4.16. The molecule has 0 spiro atoms. The molecule has 0 aliphatic rings. The summed E-state index contributed by atoms with van der Waals surface area (Å²) in [7, 11) is 0. The minimum atomic E-state index is -0.0291. The molecule has 3 heterocycles. The third kappa shape index (κ3) is 2.82. The number of amides is 1. The van der Waals surface area contributed by atoms with Crippen molar-refractivity contribution in [2.24, 2.45) is 0 Å². The Balaban J connectivity index is 1.57. The summed E-state index contributed by atoms with van der Waals surface area (Å²) in [4.78, 5) is 21.4. The molecule has 3 rings (SSSR count). The van der Waals surface area contributed by atoms with Crippen molar-refractivity contribution in [1.29, 1.82) is 0 Å². The highest BCUT2D eigenvalue weighted by molar-refractivity contribution is 7.15. The van der Waals surface area contributed by atoms with Crippen LogP contribution in [-0.2, 0) is 17.8 Å². The smallest absolute Gasteiger partial charge is 0.226 e. The molecule has 0 saturated carbocycles. The van der Waals surface area contributed by atoms with Gasteiger partial charge in [-0.05, 0) is 6.92 Å². The molecule has 7 heteroatoms. The van der Waals surface area contributed by atoms with Crippen LogP contribution < -0.4 is 5.32 Å². The summed E-state index contributed by atoms with van der Waals surface area (Å²) in [6.07, 6.45) is 4.13. The minimum Gasteiger partial charge on any atom is -0.349 e.